The van der Waals surface area contributed by atoms with Crippen LogP contribution >= 0.6 is 0 Å². The van der Waals surface area contributed by atoms with Gasteiger partial charge in [0.05, 0.1) is 6.61 Å². The minimum absolute atomic E-state index is 0.0664. The zero-order valence-electron chi connectivity index (χ0n) is 11.8. The number of nitrogens with zero attached hydrogens (tertiary/aromatic N) is 1. The van der Waals surface area contributed by atoms with Crippen LogP contribution < -0.4 is 0 Å². The molecule has 0 bridgehead atoms. The molecule has 0 fully saturated rings. The number of hydrogen-bond acceptors (Lipinski definition) is 2. The Bertz CT molecular complexity index is 659. The van der Waals surface area contributed by atoms with E-state index in [2.05, 4.69) is 4.74 Å². The molecule has 0 unspecified atom stereocenters. The normalized spacial score (nSPS) is 12.0. The molecule has 0 aliphatic carbocycles. The summed E-state index contributed by atoms with van der Waals surface area (Å²) in [6.07, 6.45) is -2.72. The molecule has 1 heterocycles. The van der Waals surface area contributed by atoms with Gasteiger partial charge in [0, 0.05) is 36.1 Å². The zero-order chi connectivity index (χ0) is 15.6. The van der Waals surface area contributed by atoms with Crippen LogP contribution in [0.5, 0.6) is 0 Å². The molecule has 0 aliphatic heterocycles. The van der Waals surface area contributed by atoms with E-state index in [1.54, 1.807) is 6.20 Å². The summed E-state index contributed by atoms with van der Waals surface area (Å²) in [6.45, 7) is 0.397. The molecule has 1 aromatic heterocycles. The van der Waals surface area contributed by atoms with E-state index in [1.807, 2.05) is 36.7 Å². The van der Waals surface area contributed by atoms with Gasteiger partial charge < -0.3 is 9.30 Å². The first kappa shape index (κ1) is 15.6. The maximum absolute atomic E-state index is 12.1. The van der Waals surface area contributed by atoms with E-state index >= 15 is 0 Å². The quantitative estimate of drug-likeness (QED) is 0.623. The number of fused-ring (bicyclic) bond motifs is 1. The van der Waals surface area contributed by atoms with Crippen molar-refractivity contribution >= 4 is 16.7 Å². The maximum atomic E-state index is 12.1. The molecule has 0 atom stereocenters. The number of hydrogen-bond donors (Lipinski definition) is 0. The summed E-state index contributed by atoms with van der Waals surface area (Å²) in [4.78, 5) is 12.1. The molecular formula is C15H16F3NO2. The van der Waals surface area contributed by atoms with E-state index in [-0.39, 0.29) is 18.8 Å². The zero-order valence-corrected chi connectivity index (χ0v) is 11.8. The summed E-state index contributed by atoms with van der Waals surface area (Å²) >= 11 is 0. The number of benzene rings is 1. The van der Waals surface area contributed by atoms with Crippen molar-refractivity contribution in [2.75, 3.05) is 13.2 Å². The van der Waals surface area contributed by atoms with Gasteiger partial charge in [-0.2, -0.15) is 13.2 Å². The molecule has 0 spiro atoms. The van der Waals surface area contributed by atoms with Gasteiger partial charge in [0.2, 0.25) is 0 Å². The summed E-state index contributed by atoms with van der Waals surface area (Å²) in [5.41, 5.74) is 2.52. The first-order valence-electron chi connectivity index (χ1n) is 6.51. The van der Waals surface area contributed by atoms with Crippen molar-refractivity contribution in [3.05, 3.63) is 35.5 Å². The van der Waals surface area contributed by atoms with E-state index in [4.69, 9.17) is 0 Å². The lowest BCUT2D eigenvalue weighted by atomic mass is 10.1. The van der Waals surface area contributed by atoms with E-state index in [1.165, 1.54) is 0 Å². The molecule has 2 aromatic rings. The number of halogens is 3. The number of ether oxygens (including phenoxy) is 1. The van der Waals surface area contributed by atoms with Crippen LogP contribution in [0.15, 0.2) is 24.4 Å². The lowest BCUT2D eigenvalue weighted by Crippen LogP contribution is -2.18. The second kappa shape index (κ2) is 5.89. The Morgan fingerprint density at radius 2 is 2.05 bits per heavy atom. The highest BCUT2D eigenvalue weighted by atomic mass is 19.4. The number of carbonyl (C=O) groups excluding carboxylic acids is 1. The number of aryl methyl sites for hydroxylation is 2. The Morgan fingerprint density at radius 1 is 1.33 bits per heavy atom. The van der Waals surface area contributed by atoms with Crippen LogP contribution in [0, 0.1) is 6.92 Å². The van der Waals surface area contributed by atoms with E-state index in [0.717, 1.165) is 16.5 Å². The van der Waals surface area contributed by atoms with Crippen molar-refractivity contribution in [1.82, 2.24) is 4.57 Å². The fraction of sp³-hybridized carbons (Fsp3) is 0.400. The molecule has 2 rings (SSSR count). The van der Waals surface area contributed by atoms with Crippen LogP contribution in [-0.2, 0) is 11.8 Å². The maximum Gasteiger partial charge on any atom is 0.411 e. The van der Waals surface area contributed by atoms with Gasteiger partial charge in [-0.05, 0) is 18.6 Å². The predicted molar refractivity (Wildman–Crippen MR) is 73.5 cm³/mol. The van der Waals surface area contributed by atoms with Gasteiger partial charge in [-0.15, -0.1) is 0 Å². The third-order valence-electron chi connectivity index (χ3n) is 3.19. The summed E-state index contributed by atoms with van der Waals surface area (Å²) in [7, 11) is 1.83. The molecule has 0 N–H and O–H groups in total. The Labute approximate surface area is 120 Å². The summed E-state index contributed by atoms with van der Waals surface area (Å²) in [5, 5.41) is 0.809. The SMILES string of the molecule is Cc1ccc2c(C(=O)CCOCC(F)(F)F)cn(C)c2c1. The first-order valence-corrected chi connectivity index (χ1v) is 6.51. The van der Waals surface area contributed by atoms with Crippen LogP contribution in [-0.4, -0.2) is 29.7 Å². The van der Waals surface area contributed by atoms with Crippen molar-refractivity contribution in [3.63, 3.8) is 0 Å². The summed E-state index contributed by atoms with van der Waals surface area (Å²) < 4.78 is 42.1. The smallest absolute Gasteiger partial charge is 0.372 e. The molecule has 1 aromatic carbocycles. The van der Waals surface area contributed by atoms with Crippen LogP contribution in [0.4, 0.5) is 13.2 Å². The topological polar surface area (TPSA) is 31.2 Å². The molecule has 0 saturated heterocycles. The van der Waals surface area contributed by atoms with Crippen molar-refractivity contribution < 1.29 is 22.7 Å². The third kappa shape index (κ3) is 3.85. The van der Waals surface area contributed by atoms with Gasteiger partial charge in [0.1, 0.15) is 6.61 Å². The number of ketones is 1. The predicted octanol–water partition coefficient (Wildman–Crippen LogP) is 3.64. The van der Waals surface area contributed by atoms with Crippen LogP contribution in [0.25, 0.3) is 10.9 Å². The highest BCUT2D eigenvalue weighted by Gasteiger charge is 2.27. The van der Waals surface area contributed by atoms with Gasteiger partial charge in [0.25, 0.3) is 0 Å². The van der Waals surface area contributed by atoms with Crippen molar-refractivity contribution in [1.29, 1.82) is 0 Å². The molecule has 0 amide bonds. The number of rotatable bonds is 5. The van der Waals surface area contributed by atoms with Gasteiger partial charge in [-0.25, -0.2) is 0 Å². The third-order valence-corrected chi connectivity index (χ3v) is 3.19. The van der Waals surface area contributed by atoms with Crippen LogP contribution in [0.2, 0.25) is 0 Å². The van der Waals surface area contributed by atoms with Gasteiger partial charge in [-0.3, -0.25) is 4.79 Å². The number of alkyl halides is 3. The Balaban J connectivity index is 2.06. The van der Waals surface area contributed by atoms with Crippen LogP contribution in [0.1, 0.15) is 22.3 Å². The lowest BCUT2D eigenvalue weighted by molar-refractivity contribution is -0.173. The Morgan fingerprint density at radius 3 is 2.71 bits per heavy atom. The van der Waals surface area contributed by atoms with Gasteiger partial charge in [0.15, 0.2) is 5.78 Å². The number of Topliss-reactive ketones (excluding diaryl/α,β-unsaturated/α-hetero) is 1. The van der Waals surface area contributed by atoms with E-state index in [0.29, 0.717) is 5.56 Å². The second-order valence-electron chi connectivity index (χ2n) is 5.02. The minimum atomic E-state index is -4.36. The fourth-order valence-electron chi connectivity index (χ4n) is 2.20. The van der Waals surface area contributed by atoms with E-state index < -0.39 is 12.8 Å². The average molecular weight is 299 g/mol. The fourth-order valence-corrected chi connectivity index (χ4v) is 2.20. The second-order valence-corrected chi connectivity index (χ2v) is 5.02. The molecule has 6 heteroatoms. The molecule has 0 aliphatic rings. The molecule has 0 radical (unpaired) electrons. The highest BCUT2D eigenvalue weighted by Crippen LogP contribution is 2.23. The monoisotopic (exact) mass is 299 g/mol. The molecule has 0 saturated carbocycles. The van der Waals surface area contributed by atoms with Crippen molar-refractivity contribution in [2.45, 2.75) is 19.5 Å². The van der Waals surface area contributed by atoms with Gasteiger partial charge >= 0.3 is 6.18 Å². The standard InChI is InChI=1S/C15H16F3NO2/c1-10-3-4-11-12(8-19(2)13(11)7-10)14(20)5-6-21-9-15(16,17)18/h3-4,7-8H,5-6,9H2,1-2H3. The minimum Gasteiger partial charge on any atom is -0.372 e. The summed E-state index contributed by atoms with van der Waals surface area (Å²) in [6, 6.07) is 5.72. The molecule has 3 nitrogen and oxygen atoms in total. The molecule has 114 valence electrons. The van der Waals surface area contributed by atoms with E-state index in [9.17, 15) is 18.0 Å². The van der Waals surface area contributed by atoms with Crippen LogP contribution in [0.3, 0.4) is 0 Å². The molecule has 21 heavy (non-hydrogen) atoms. The first-order chi connectivity index (χ1) is 9.78. The largest absolute Gasteiger partial charge is 0.411 e. The molecular weight excluding hydrogens is 283 g/mol. The Kier molecular flexibility index (Phi) is 4.37. The van der Waals surface area contributed by atoms with Crippen molar-refractivity contribution in [2.24, 2.45) is 7.05 Å². The van der Waals surface area contributed by atoms with Gasteiger partial charge in [-0.1, -0.05) is 12.1 Å². The summed E-state index contributed by atoms with van der Waals surface area (Å²) in [5.74, 6) is -0.216. The highest BCUT2D eigenvalue weighted by molar-refractivity contribution is 6.08. The Hall–Kier alpha value is -1.82. The lowest BCUT2D eigenvalue weighted by Gasteiger charge is -2.06. The number of aromatic nitrogens is 1. The van der Waals surface area contributed by atoms with Crippen molar-refractivity contribution in [3.8, 4) is 0 Å². The average Bonchev–Trinajstić information content (AvgIpc) is 2.71. The number of carbonyl (C=O) groups is 1.